The maximum absolute atomic E-state index is 6.24. The number of rotatable bonds is 6. The Morgan fingerprint density at radius 3 is 2.96 bits per heavy atom. The van der Waals surface area contributed by atoms with Crippen molar-refractivity contribution in [3.63, 3.8) is 0 Å². The molecule has 2 rings (SSSR count). The van der Waals surface area contributed by atoms with E-state index in [1.807, 2.05) is 12.1 Å². The van der Waals surface area contributed by atoms with Crippen LogP contribution in [0.3, 0.4) is 0 Å². The Balaban J connectivity index is 0.00000288. The van der Waals surface area contributed by atoms with Gasteiger partial charge in [-0.15, -0.1) is 24.0 Å². The van der Waals surface area contributed by atoms with Gasteiger partial charge in [0.2, 0.25) is 0 Å². The predicted octanol–water partition coefficient (Wildman–Crippen LogP) is 3.53. The smallest absolute Gasteiger partial charge is 0.191 e. The summed E-state index contributed by atoms with van der Waals surface area (Å²) in [7, 11) is 0. The van der Waals surface area contributed by atoms with Crippen LogP contribution in [-0.4, -0.2) is 43.2 Å². The zero-order chi connectivity index (χ0) is 16.7. The Morgan fingerprint density at radius 1 is 1.50 bits per heavy atom. The summed E-state index contributed by atoms with van der Waals surface area (Å²) in [6, 6.07) is 4.12. The third-order valence-electron chi connectivity index (χ3n) is 3.89. The SMILES string of the molecule is CCNC(=NCCC(C)C)NC1CCN(c2ncccc2Cl)C1.I. The molecule has 2 heterocycles. The van der Waals surface area contributed by atoms with Crippen molar-refractivity contribution < 1.29 is 0 Å². The van der Waals surface area contributed by atoms with Crippen LogP contribution in [-0.2, 0) is 0 Å². The number of guanidine groups is 1. The van der Waals surface area contributed by atoms with Gasteiger partial charge in [-0.25, -0.2) is 4.98 Å². The fourth-order valence-corrected chi connectivity index (χ4v) is 2.87. The first-order chi connectivity index (χ1) is 11.1. The molecule has 1 atom stereocenters. The van der Waals surface area contributed by atoms with Gasteiger partial charge in [-0.05, 0) is 37.8 Å². The Labute approximate surface area is 167 Å². The minimum absolute atomic E-state index is 0. The van der Waals surface area contributed by atoms with E-state index in [-0.39, 0.29) is 24.0 Å². The number of aromatic nitrogens is 1. The highest BCUT2D eigenvalue weighted by Crippen LogP contribution is 2.25. The van der Waals surface area contributed by atoms with E-state index in [0.717, 1.165) is 50.8 Å². The van der Waals surface area contributed by atoms with Crippen molar-refractivity contribution in [1.29, 1.82) is 0 Å². The van der Waals surface area contributed by atoms with Crippen LogP contribution in [0.25, 0.3) is 0 Å². The standard InChI is InChI=1S/C17H28ClN5.HI/c1-4-19-17(21-10-7-13(2)3)22-14-8-11-23(12-14)16-15(18)6-5-9-20-16;/h5-6,9,13-14H,4,7-8,10-12H2,1-3H3,(H2,19,21,22);1H. The summed E-state index contributed by atoms with van der Waals surface area (Å²) >= 11 is 6.24. The molecule has 0 amide bonds. The lowest BCUT2D eigenvalue weighted by atomic mass is 10.1. The molecule has 7 heteroatoms. The average molecular weight is 466 g/mol. The van der Waals surface area contributed by atoms with Gasteiger partial charge in [0.15, 0.2) is 5.96 Å². The molecule has 5 nitrogen and oxygen atoms in total. The Morgan fingerprint density at radius 2 is 2.29 bits per heavy atom. The van der Waals surface area contributed by atoms with E-state index in [9.17, 15) is 0 Å². The van der Waals surface area contributed by atoms with Gasteiger partial charge < -0.3 is 15.5 Å². The van der Waals surface area contributed by atoms with Crippen LogP contribution in [0.5, 0.6) is 0 Å². The number of hydrogen-bond donors (Lipinski definition) is 2. The summed E-state index contributed by atoms with van der Waals surface area (Å²) in [5.74, 6) is 2.46. The first-order valence-corrected chi connectivity index (χ1v) is 8.88. The number of hydrogen-bond acceptors (Lipinski definition) is 3. The normalized spacial score (nSPS) is 17.8. The molecular formula is C17H29ClIN5. The Bertz CT molecular complexity index is 523. The largest absolute Gasteiger partial charge is 0.357 e. The molecule has 0 aliphatic carbocycles. The lowest BCUT2D eigenvalue weighted by molar-refractivity contribution is 0.590. The molecule has 0 radical (unpaired) electrons. The molecule has 1 aromatic rings. The first-order valence-electron chi connectivity index (χ1n) is 8.50. The second-order valence-corrected chi connectivity index (χ2v) is 6.74. The zero-order valence-corrected chi connectivity index (χ0v) is 17.8. The number of nitrogens with zero attached hydrogens (tertiary/aromatic N) is 3. The summed E-state index contributed by atoms with van der Waals surface area (Å²) in [4.78, 5) is 11.3. The van der Waals surface area contributed by atoms with E-state index in [1.165, 1.54) is 0 Å². The maximum atomic E-state index is 6.24. The molecule has 1 aliphatic heterocycles. The van der Waals surface area contributed by atoms with E-state index in [0.29, 0.717) is 17.0 Å². The Kier molecular flexibility index (Phi) is 9.73. The molecule has 1 aromatic heterocycles. The minimum Gasteiger partial charge on any atom is -0.357 e. The Hall–Kier alpha value is -0.760. The fraction of sp³-hybridized carbons (Fsp3) is 0.647. The van der Waals surface area contributed by atoms with Crippen molar-refractivity contribution >= 4 is 47.4 Å². The van der Waals surface area contributed by atoms with E-state index in [4.69, 9.17) is 11.6 Å². The average Bonchev–Trinajstić information content (AvgIpc) is 2.96. The molecule has 0 saturated carbocycles. The van der Waals surface area contributed by atoms with Crippen molar-refractivity contribution in [2.24, 2.45) is 10.9 Å². The maximum Gasteiger partial charge on any atom is 0.191 e. The molecular weight excluding hydrogens is 437 g/mol. The number of halogens is 2. The quantitative estimate of drug-likeness (QED) is 0.383. The molecule has 0 spiro atoms. The predicted molar refractivity (Wildman–Crippen MR) is 114 cm³/mol. The van der Waals surface area contributed by atoms with Crippen molar-refractivity contribution in [2.45, 2.75) is 39.7 Å². The third-order valence-corrected chi connectivity index (χ3v) is 4.18. The molecule has 1 saturated heterocycles. The molecule has 1 aliphatic rings. The minimum atomic E-state index is 0. The summed E-state index contributed by atoms with van der Waals surface area (Å²) in [5.41, 5.74) is 0. The van der Waals surface area contributed by atoms with E-state index in [1.54, 1.807) is 6.20 Å². The number of aliphatic imine (C=N–C) groups is 1. The lowest BCUT2D eigenvalue weighted by Gasteiger charge is -2.20. The van der Waals surface area contributed by atoms with Gasteiger partial charge in [0, 0.05) is 38.4 Å². The van der Waals surface area contributed by atoms with Crippen LogP contribution >= 0.6 is 35.6 Å². The molecule has 24 heavy (non-hydrogen) atoms. The number of pyridine rings is 1. The number of anilines is 1. The first kappa shape index (κ1) is 21.3. The molecule has 2 N–H and O–H groups in total. The third kappa shape index (κ3) is 6.63. The fourth-order valence-electron chi connectivity index (χ4n) is 2.63. The summed E-state index contributed by atoms with van der Waals surface area (Å²) in [6.45, 7) is 10.1. The van der Waals surface area contributed by atoms with E-state index < -0.39 is 0 Å². The highest BCUT2D eigenvalue weighted by molar-refractivity contribution is 14.0. The van der Waals surface area contributed by atoms with Crippen molar-refractivity contribution in [3.8, 4) is 0 Å². The molecule has 0 bridgehead atoms. The summed E-state index contributed by atoms with van der Waals surface area (Å²) < 4.78 is 0. The second-order valence-electron chi connectivity index (χ2n) is 6.33. The van der Waals surface area contributed by atoms with Gasteiger partial charge in [-0.1, -0.05) is 25.4 Å². The highest BCUT2D eigenvalue weighted by Gasteiger charge is 2.25. The number of nitrogens with one attached hydrogen (secondary N) is 2. The lowest BCUT2D eigenvalue weighted by Crippen LogP contribution is -2.44. The van der Waals surface area contributed by atoms with Gasteiger partial charge >= 0.3 is 0 Å². The van der Waals surface area contributed by atoms with Crippen molar-refractivity contribution in [3.05, 3.63) is 23.4 Å². The van der Waals surface area contributed by atoms with E-state index >= 15 is 0 Å². The van der Waals surface area contributed by atoms with Gasteiger partial charge in [-0.2, -0.15) is 0 Å². The van der Waals surface area contributed by atoms with Gasteiger partial charge in [0.05, 0.1) is 5.02 Å². The van der Waals surface area contributed by atoms with E-state index in [2.05, 4.69) is 46.3 Å². The summed E-state index contributed by atoms with van der Waals surface area (Å²) in [5, 5.41) is 7.58. The zero-order valence-electron chi connectivity index (χ0n) is 14.8. The molecule has 0 aromatic carbocycles. The van der Waals surface area contributed by atoms with Crippen LogP contribution < -0.4 is 15.5 Å². The van der Waals surface area contributed by atoms with Gasteiger partial charge in [0.25, 0.3) is 0 Å². The monoisotopic (exact) mass is 465 g/mol. The summed E-state index contributed by atoms with van der Waals surface area (Å²) in [6.07, 6.45) is 3.96. The van der Waals surface area contributed by atoms with Crippen LogP contribution in [0.4, 0.5) is 5.82 Å². The topological polar surface area (TPSA) is 52.6 Å². The second kappa shape index (κ2) is 11.0. The van der Waals surface area contributed by atoms with Crippen LogP contribution in [0.1, 0.15) is 33.6 Å². The van der Waals surface area contributed by atoms with Crippen molar-refractivity contribution in [2.75, 3.05) is 31.1 Å². The van der Waals surface area contributed by atoms with Gasteiger partial charge in [0.1, 0.15) is 5.82 Å². The van der Waals surface area contributed by atoms with Crippen molar-refractivity contribution in [1.82, 2.24) is 15.6 Å². The molecule has 1 unspecified atom stereocenters. The van der Waals surface area contributed by atoms with Crippen LogP contribution in [0.15, 0.2) is 23.3 Å². The van der Waals surface area contributed by atoms with Gasteiger partial charge in [-0.3, -0.25) is 4.99 Å². The molecule has 1 fully saturated rings. The van der Waals surface area contributed by atoms with Crippen LogP contribution in [0.2, 0.25) is 5.02 Å². The van der Waals surface area contributed by atoms with Crippen LogP contribution in [0, 0.1) is 5.92 Å². The molecule has 136 valence electrons. The highest BCUT2D eigenvalue weighted by atomic mass is 127.